The Bertz CT molecular complexity index is 649. The molecule has 0 spiro atoms. The zero-order valence-electron chi connectivity index (χ0n) is 10.5. The van der Waals surface area contributed by atoms with Gasteiger partial charge in [0.05, 0.1) is 36.7 Å². The first kappa shape index (κ1) is 11.9. The SMILES string of the molecule is Cc1c(CC(=O)O)nnn1-c1ccc2c(c1)COC2. The smallest absolute Gasteiger partial charge is 0.309 e. The van der Waals surface area contributed by atoms with Gasteiger partial charge in [-0.05, 0) is 30.2 Å². The average Bonchev–Trinajstić information content (AvgIpc) is 2.96. The van der Waals surface area contributed by atoms with Gasteiger partial charge in [0.1, 0.15) is 0 Å². The minimum Gasteiger partial charge on any atom is -0.481 e. The zero-order valence-corrected chi connectivity index (χ0v) is 10.5. The van der Waals surface area contributed by atoms with Crippen molar-refractivity contribution in [2.45, 2.75) is 26.6 Å². The quantitative estimate of drug-likeness (QED) is 0.897. The Morgan fingerprint density at radius 1 is 1.42 bits per heavy atom. The maximum absolute atomic E-state index is 10.7. The molecule has 19 heavy (non-hydrogen) atoms. The Hall–Kier alpha value is -2.21. The number of nitrogens with zero attached hydrogens (tertiary/aromatic N) is 3. The number of hydrogen-bond acceptors (Lipinski definition) is 4. The van der Waals surface area contributed by atoms with Gasteiger partial charge in [-0.1, -0.05) is 11.3 Å². The fourth-order valence-electron chi connectivity index (χ4n) is 2.20. The third kappa shape index (κ3) is 2.10. The summed E-state index contributed by atoms with van der Waals surface area (Å²) < 4.78 is 7.03. The minimum absolute atomic E-state index is 0.111. The van der Waals surface area contributed by atoms with Crippen LogP contribution in [0.1, 0.15) is 22.5 Å². The van der Waals surface area contributed by atoms with Crippen LogP contribution in [0, 0.1) is 6.92 Å². The van der Waals surface area contributed by atoms with E-state index in [0.717, 1.165) is 16.9 Å². The summed E-state index contributed by atoms with van der Waals surface area (Å²) in [5.74, 6) is -0.905. The lowest BCUT2D eigenvalue weighted by molar-refractivity contribution is -0.136. The van der Waals surface area contributed by atoms with Gasteiger partial charge in [-0.2, -0.15) is 0 Å². The van der Waals surface area contributed by atoms with Crippen LogP contribution in [-0.4, -0.2) is 26.1 Å². The topological polar surface area (TPSA) is 77.2 Å². The van der Waals surface area contributed by atoms with Crippen molar-refractivity contribution in [3.05, 3.63) is 40.7 Å². The second-order valence-electron chi connectivity index (χ2n) is 4.55. The monoisotopic (exact) mass is 259 g/mol. The summed E-state index contributed by atoms with van der Waals surface area (Å²) in [4.78, 5) is 10.7. The molecular formula is C13H13N3O3. The molecule has 98 valence electrons. The van der Waals surface area contributed by atoms with Crippen LogP contribution in [0.25, 0.3) is 5.69 Å². The van der Waals surface area contributed by atoms with E-state index in [9.17, 15) is 4.79 Å². The molecule has 0 atom stereocenters. The Kier molecular flexibility index (Phi) is 2.79. The summed E-state index contributed by atoms with van der Waals surface area (Å²) in [5, 5.41) is 16.8. The molecule has 0 fully saturated rings. The van der Waals surface area contributed by atoms with E-state index in [1.54, 1.807) is 4.68 Å². The van der Waals surface area contributed by atoms with E-state index < -0.39 is 5.97 Å². The van der Waals surface area contributed by atoms with Gasteiger partial charge in [0.2, 0.25) is 0 Å². The molecule has 0 radical (unpaired) electrons. The van der Waals surface area contributed by atoms with E-state index in [2.05, 4.69) is 10.3 Å². The van der Waals surface area contributed by atoms with Crippen LogP contribution >= 0.6 is 0 Å². The largest absolute Gasteiger partial charge is 0.481 e. The van der Waals surface area contributed by atoms with E-state index in [1.807, 2.05) is 25.1 Å². The highest BCUT2D eigenvalue weighted by molar-refractivity contribution is 5.69. The maximum atomic E-state index is 10.7. The van der Waals surface area contributed by atoms with Gasteiger partial charge in [0, 0.05) is 0 Å². The molecule has 0 bridgehead atoms. The average molecular weight is 259 g/mol. The van der Waals surface area contributed by atoms with Crippen molar-refractivity contribution >= 4 is 5.97 Å². The lowest BCUT2D eigenvalue weighted by Crippen LogP contribution is -2.04. The van der Waals surface area contributed by atoms with Gasteiger partial charge in [0.25, 0.3) is 0 Å². The van der Waals surface area contributed by atoms with Crippen LogP contribution in [0.3, 0.4) is 0 Å². The molecule has 2 aromatic rings. The number of carboxylic acid groups (broad SMARTS) is 1. The predicted molar refractivity (Wildman–Crippen MR) is 65.9 cm³/mol. The normalized spacial score (nSPS) is 13.5. The number of aliphatic carboxylic acids is 1. The van der Waals surface area contributed by atoms with Crippen molar-refractivity contribution in [2.75, 3.05) is 0 Å². The molecule has 0 unspecified atom stereocenters. The summed E-state index contributed by atoms with van der Waals surface area (Å²) in [6, 6.07) is 5.96. The highest BCUT2D eigenvalue weighted by Gasteiger charge is 2.16. The number of carbonyl (C=O) groups is 1. The van der Waals surface area contributed by atoms with E-state index in [-0.39, 0.29) is 6.42 Å². The third-order valence-corrected chi connectivity index (χ3v) is 3.26. The van der Waals surface area contributed by atoms with Gasteiger partial charge >= 0.3 is 5.97 Å². The van der Waals surface area contributed by atoms with Gasteiger partial charge in [-0.3, -0.25) is 4.79 Å². The van der Waals surface area contributed by atoms with E-state index in [1.165, 1.54) is 5.56 Å². The second-order valence-corrected chi connectivity index (χ2v) is 4.55. The number of aromatic nitrogens is 3. The van der Waals surface area contributed by atoms with Gasteiger partial charge in [-0.25, -0.2) is 4.68 Å². The lowest BCUT2D eigenvalue weighted by atomic mass is 10.1. The summed E-state index contributed by atoms with van der Waals surface area (Å²) in [5.41, 5.74) is 4.45. The molecule has 0 aliphatic carbocycles. The molecule has 3 rings (SSSR count). The Labute approximate surface area is 109 Å². The third-order valence-electron chi connectivity index (χ3n) is 3.26. The van der Waals surface area contributed by atoms with Crippen LogP contribution in [0.15, 0.2) is 18.2 Å². The van der Waals surface area contributed by atoms with Crippen LogP contribution in [0.2, 0.25) is 0 Å². The zero-order chi connectivity index (χ0) is 13.4. The van der Waals surface area contributed by atoms with Crippen molar-refractivity contribution < 1.29 is 14.6 Å². The van der Waals surface area contributed by atoms with Crippen LogP contribution < -0.4 is 0 Å². The van der Waals surface area contributed by atoms with Crippen molar-refractivity contribution in [3.63, 3.8) is 0 Å². The van der Waals surface area contributed by atoms with E-state index in [0.29, 0.717) is 18.9 Å². The molecule has 6 nitrogen and oxygen atoms in total. The molecule has 2 heterocycles. The fraction of sp³-hybridized carbons (Fsp3) is 0.308. The second kappa shape index (κ2) is 4.47. The van der Waals surface area contributed by atoms with Gasteiger partial charge < -0.3 is 9.84 Å². The summed E-state index contributed by atoms with van der Waals surface area (Å²) in [6.07, 6.45) is -0.111. The molecule has 0 amide bonds. The number of carboxylic acids is 1. The number of benzene rings is 1. The molecule has 1 aromatic heterocycles. The minimum atomic E-state index is -0.905. The molecule has 0 saturated carbocycles. The van der Waals surface area contributed by atoms with Crippen molar-refractivity contribution in [2.24, 2.45) is 0 Å². The molecule has 1 aliphatic rings. The van der Waals surface area contributed by atoms with Crippen molar-refractivity contribution in [1.82, 2.24) is 15.0 Å². The van der Waals surface area contributed by atoms with Crippen LogP contribution in [0.5, 0.6) is 0 Å². The van der Waals surface area contributed by atoms with Gasteiger partial charge in [-0.15, -0.1) is 5.10 Å². The first-order valence-electron chi connectivity index (χ1n) is 5.98. The number of fused-ring (bicyclic) bond motifs is 1. The molecular weight excluding hydrogens is 246 g/mol. The molecule has 0 saturated heterocycles. The van der Waals surface area contributed by atoms with E-state index in [4.69, 9.17) is 9.84 Å². The summed E-state index contributed by atoms with van der Waals surface area (Å²) in [6.45, 7) is 3.08. The maximum Gasteiger partial charge on any atom is 0.309 e. The summed E-state index contributed by atoms with van der Waals surface area (Å²) in [7, 11) is 0. The van der Waals surface area contributed by atoms with Crippen LogP contribution in [0.4, 0.5) is 0 Å². The highest BCUT2D eigenvalue weighted by atomic mass is 16.5. The fourth-order valence-corrected chi connectivity index (χ4v) is 2.20. The predicted octanol–water partition coefficient (Wildman–Crippen LogP) is 1.23. The molecule has 6 heteroatoms. The number of rotatable bonds is 3. The van der Waals surface area contributed by atoms with Crippen molar-refractivity contribution in [3.8, 4) is 5.69 Å². The van der Waals surface area contributed by atoms with Crippen molar-refractivity contribution in [1.29, 1.82) is 0 Å². The first-order chi connectivity index (χ1) is 9.15. The number of ether oxygens (including phenoxy) is 1. The van der Waals surface area contributed by atoms with E-state index >= 15 is 0 Å². The molecule has 1 aliphatic heterocycles. The lowest BCUT2D eigenvalue weighted by Gasteiger charge is -2.05. The summed E-state index contributed by atoms with van der Waals surface area (Å²) >= 11 is 0. The Morgan fingerprint density at radius 2 is 2.21 bits per heavy atom. The van der Waals surface area contributed by atoms with Gasteiger partial charge in [0.15, 0.2) is 0 Å². The Morgan fingerprint density at radius 3 is 3.00 bits per heavy atom. The standard InChI is InChI=1S/C13H13N3O3/c1-8-12(5-13(17)18)14-15-16(8)11-3-2-9-6-19-7-10(9)4-11/h2-4H,5-7H2,1H3,(H,17,18). The number of hydrogen-bond donors (Lipinski definition) is 1. The highest BCUT2D eigenvalue weighted by Crippen LogP contribution is 2.23. The molecule has 1 N–H and O–H groups in total. The Balaban J connectivity index is 1.98. The first-order valence-corrected chi connectivity index (χ1v) is 5.98. The van der Waals surface area contributed by atoms with Crippen LogP contribution in [-0.2, 0) is 29.2 Å². The molecule has 1 aromatic carbocycles.